The van der Waals surface area contributed by atoms with E-state index >= 15 is 0 Å². The van der Waals surface area contributed by atoms with E-state index in [4.69, 9.17) is 5.11 Å². The van der Waals surface area contributed by atoms with Crippen molar-refractivity contribution in [2.45, 2.75) is 19.3 Å². The number of carboxylic acids is 1. The molecule has 2 nitrogen and oxygen atoms in total. The lowest BCUT2D eigenvalue weighted by atomic mass is 9.83. The highest BCUT2D eigenvalue weighted by molar-refractivity contribution is 5.71. The van der Waals surface area contributed by atoms with E-state index in [0.29, 0.717) is 24.0 Å². The van der Waals surface area contributed by atoms with Crippen molar-refractivity contribution in [3.05, 3.63) is 34.9 Å². The fourth-order valence-electron chi connectivity index (χ4n) is 2.02. The third-order valence-corrected chi connectivity index (χ3v) is 2.81. The van der Waals surface area contributed by atoms with Crippen molar-refractivity contribution in [3.63, 3.8) is 0 Å². The molecule has 0 saturated carbocycles. The first-order valence-electron chi connectivity index (χ1n) is 4.77. The van der Waals surface area contributed by atoms with Crippen LogP contribution in [0, 0.1) is 17.6 Å². The average Bonchev–Trinajstić information content (AvgIpc) is 2.16. The van der Waals surface area contributed by atoms with Gasteiger partial charge >= 0.3 is 5.97 Å². The Morgan fingerprint density at radius 2 is 2.13 bits per heavy atom. The number of hydrogen-bond donors (Lipinski definition) is 1. The van der Waals surface area contributed by atoms with Gasteiger partial charge < -0.3 is 5.11 Å². The molecule has 0 spiro atoms. The number of carbonyl (C=O) groups is 1. The van der Waals surface area contributed by atoms with Crippen LogP contribution in [0.4, 0.5) is 8.78 Å². The molecule has 1 N–H and O–H groups in total. The third-order valence-electron chi connectivity index (χ3n) is 2.81. The number of rotatable bonds is 1. The molecule has 0 fully saturated rings. The fraction of sp³-hybridized carbons (Fsp3) is 0.364. The van der Waals surface area contributed by atoms with Gasteiger partial charge in [0.05, 0.1) is 5.92 Å². The number of aliphatic carboxylic acids is 1. The number of benzene rings is 1. The quantitative estimate of drug-likeness (QED) is 0.774. The van der Waals surface area contributed by atoms with Crippen LogP contribution in [0.15, 0.2) is 12.1 Å². The van der Waals surface area contributed by atoms with Crippen LogP contribution in [-0.4, -0.2) is 11.1 Å². The van der Waals surface area contributed by atoms with E-state index in [0.717, 1.165) is 6.07 Å². The maximum Gasteiger partial charge on any atom is 0.306 e. The second-order valence-electron chi connectivity index (χ2n) is 3.80. The summed E-state index contributed by atoms with van der Waals surface area (Å²) in [7, 11) is 0. The van der Waals surface area contributed by atoms with E-state index in [-0.39, 0.29) is 6.42 Å². The molecule has 0 saturated heterocycles. The summed E-state index contributed by atoms with van der Waals surface area (Å²) in [5, 5.41) is 8.81. The molecule has 15 heavy (non-hydrogen) atoms. The van der Waals surface area contributed by atoms with Gasteiger partial charge in [0.2, 0.25) is 0 Å². The van der Waals surface area contributed by atoms with Crippen LogP contribution in [0.25, 0.3) is 0 Å². The Labute approximate surface area is 85.5 Å². The molecule has 0 bridgehead atoms. The Hall–Kier alpha value is -1.45. The number of fused-ring (bicyclic) bond motifs is 1. The Kier molecular flexibility index (Phi) is 2.42. The van der Waals surface area contributed by atoms with Gasteiger partial charge in [0.25, 0.3) is 0 Å². The van der Waals surface area contributed by atoms with Crippen molar-refractivity contribution in [2.75, 3.05) is 0 Å². The lowest BCUT2D eigenvalue weighted by molar-refractivity contribution is -0.142. The number of carboxylic acid groups (broad SMARTS) is 1. The smallest absolute Gasteiger partial charge is 0.306 e. The van der Waals surface area contributed by atoms with E-state index in [1.54, 1.807) is 0 Å². The van der Waals surface area contributed by atoms with Gasteiger partial charge in [0.15, 0.2) is 0 Å². The van der Waals surface area contributed by atoms with Gasteiger partial charge in [-0.1, -0.05) is 0 Å². The molecule has 2 rings (SSSR count). The van der Waals surface area contributed by atoms with Gasteiger partial charge in [-0.15, -0.1) is 0 Å². The average molecular weight is 212 g/mol. The van der Waals surface area contributed by atoms with Crippen molar-refractivity contribution < 1.29 is 18.7 Å². The van der Waals surface area contributed by atoms with Crippen molar-refractivity contribution in [3.8, 4) is 0 Å². The van der Waals surface area contributed by atoms with E-state index in [1.165, 1.54) is 6.07 Å². The molecule has 1 atom stereocenters. The molecule has 1 unspecified atom stereocenters. The highest BCUT2D eigenvalue weighted by Gasteiger charge is 2.26. The summed E-state index contributed by atoms with van der Waals surface area (Å²) in [6, 6.07) is 2.08. The molecule has 1 aliphatic rings. The highest BCUT2D eigenvalue weighted by atomic mass is 19.1. The number of hydrogen-bond acceptors (Lipinski definition) is 1. The van der Waals surface area contributed by atoms with E-state index in [2.05, 4.69) is 0 Å². The summed E-state index contributed by atoms with van der Waals surface area (Å²) >= 11 is 0. The SMILES string of the molecule is O=C(O)C1CCc2c(F)cc(F)cc2C1. The highest BCUT2D eigenvalue weighted by Crippen LogP contribution is 2.28. The molecule has 0 amide bonds. The first-order valence-corrected chi connectivity index (χ1v) is 4.77. The molecule has 0 heterocycles. The van der Waals surface area contributed by atoms with Crippen molar-refractivity contribution in [2.24, 2.45) is 5.92 Å². The molecular weight excluding hydrogens is 202 g/mol. The summed E-state index contributed by atoms with van der Waals surface area (Å²) in [5.74, 6) is -2.62. The zero-order valence-corrected chi connectivity index (χ0v) is 7.96. The number of halogens is 2. The van der Waals surface area contributed by atoms with Crippen LogP contribution >= 0.6 is 0 Å². The first kappa shape index (κ1) is 10.1. The molecule has 1 aromatic rings. The zero-order chi connectivity index (χ0) is 11.0. The van der Waals surface area contributed by atoms with Crippen molar-refractivity contribution >= 4 is 5.97 Å². The summed E-state index contributed by atoms with van der Waals surface area (Å²) < 4.78 is 26.2. The van der Waals surface area contributed by atoms with Crippen molar-refractivity contribution in [1.82, 2.24) is 0 Å². The second-order valence-corrected chi connectivity index (χ2v) is 3.80. The van der Waals surface area contributed by atoms with Gasteiger partial charge in [0.1, 0.15) is 11.6 Å². The topological polar surface area (TPSA) is 37.3 Å². The molecular formula is C11H10F2O2. The van der Waals surface area contributed by atoms with Gasteiger partial charge in [0, 0.05) is 6.07 Å². The van der Waals surface area contributed by atoms with Gasteiger partial charge in [-0.2, -0.15) is 0 Å². The van der Waals surface area contributed by atoms with Gasteiger partial charge in [-0.25, -0.2) is 8.78 Å². The largest absolute Gasteiger partial charge is 0.481 e. The van der Waals surface area contributed by atoms with Crippen LogP contribution in [0.3, 0.4) is 0 Å². The van der Waals surface area contributed by atoms with Crippen LogP contribution in [0.2, 0.25) is 0 Å². The summed E-state index contributed by atoms with van der Waals surface area (Å²) in [6.07, 6.45) is 1.02. The monoisotopic (exact) mass is 212 g/mol. The maximum absolute atomic E-state index is 13.3. The van der Waals surface area contributed by atoms with E-state index in [9.17, 15) is 13.6 Å². The third kappa shape index (κ3) is 1.84. The summed E-state index contributed by atoms with van der Waals surface area (Å²) in [6.45, 7) is 0. The Bertz CT molecular complexity index is 415. The molecule has 0 aromatic heterocycles. The van der Waals surface area contributed by atoms with Crippen LogP contribution < -0.4 is 0 Å². The van der Waals surface area contributed by atoms with E-state index < -0.39 is 23.5 Å². The van der Waals surface area contributed by atoms with Gasteiger partial charge in [-0.3, -0.25) is 4.79 Å². The first-order chi connectivity index (χ1) is 7.08. The van der Waals surface area contributed by atoms with Crippen LogP contribution in [0.5, 0.6) is 0 Å². The maximum atomic E-state index is 13.3. The molecule has 1 aliphatic carbocycles. The summed E-state index contributed by atoms with van der Waals surface area (Å²) in [4.78, 5) is 10.7. The molecule has 0 radical (unpaired) electrons. The minimum atomic E-state index is -0.898. The second kappa shape index (κ2) is 3.61. The molecule has 1 aromatic carbocycles. The standard InChI is InChI=1S/C11H10F2O2/c12-8-4-7-3-6(11(14)15)1-2-9(7)10(13)5-8/h4-6H,1-3H2,(H,14,15). The Balaban J connectivity index is 2.37. The predicted molar refractivity (Wildman–Crippen MR) is 49.5 cm³/mol. The summed E-state index contributed by atoms with van der Waals surface area (Å²) in [5.41, 5.74) is 0.958. The van der Waals surface area contributed by atoms with Crippen molar-refractivity contribution in [1.29, 1.82) is 0 Å². The minimum absolute atomic E-state index is 0.222. The lowest BCUT2D eigenvalue weighted by Crippen LogP contribution is -2.23. The predicted octanol–water partition coefficient (Wildman–Crippen LogP) is 2.15. The normalized spacial score (nSPS) is 19.7. The van der Waals surface area contributed by atoms with Crippen LogP contribution in [-0.2, 0) is 17.6 Å². The molecule has 80 valence electrons. The zero-order valence-electron chi connectivity index (χ0n) is 7.96. The Morgan fingerprint density at radius 1 is 1.40 bits per heavy atom. The lowest BCUT2D eigenvalue weighted by Gasteiger charge is -2.21. The fourth-order valence-corrected chi connectivity index (χ4v) is 2.02. The van der Waals surface area contributed by atoms with E-state index in [1.807, 2.05) is 0 Å². The molecule has 0 aliphatic heterocycles. The van der Waals surface area contributed by atoms with Crippen LogP contribution in [0.1, 0.15) is 17.5 Å². The van der Waals surface area contributed by atoms with Gasteiger partial charge in [-0.05, 0) is 36.5 Å². The molecule has 4 heteroatoms. The Morgan fingerprint density at radius 3 is 2.80 bits per heavy atom. The minimum Gasteiger partial charge on any atom is -0.481 e.